The van der Waals surface area contributed by atoms with Crippen LogP contribution in [0.4, 0.5) is 0 Å². The first-order valence-electron chi connectivity index (χ1n) is 1.21. The summed E-state index contributed by atoms with van der Waals surface area (Å²) in [6, 6.07) is 0. The molecule has 0 atom stereocenters. The molecule has 0 bridgehead atoms. The monoisotopic (exact) mass is 51.1 g/mol. The van der Waals surface area contributed by atoms with Gasteiger partial charge in [-0.15, -0.1) is 0 Å². The van der Waals surface area contributed by atoms with E-state index in [0.29, 0.717) is 0 Å². The average Bonchev–Trinajstić information content (AvgIpc) is 1.46. The molecule has 0 amide bonds. The molecule has 2 heteroatoms. The van der Waals surface area contributed by atoms with Crippen molar-refractivity contribution in [2.24, 2.45) is 0 Å². The molecule has 4 heavy (non-hydrogen) atoms. The van der Waals surface area contributed by atoms with Crippen molar-refractivity contribution in [3.8, 4) is 0 Å². The Labute approximate surface area is 39.4 Å². The Morgan fingerprint density at radius 1 is 1.50 bits per heavy atom. The molecule has 1 rings (SSSR count). The molecule has 0 aliphatic carbocycles. The largest absolute Gasteiger partial charge is 1.00 e. The summed E-state index contributed by atoms with van der Waals surface area (Å²) in [5, 5.41) is 3.00. The molecule has 1 aliphatic rings. The zero-order chi connectivity index (χ0) is 2.12. The minimum Gasteiger partial charge on any atom is -1.00 e. The molecule has 0 saturated carbocycles. The number of hydrogen-bond acceptors (Lipinski definition) is 1. The third-order valence-corrected chi connectivity index (χ3v) is 0.250. The number of hydrogen-bond donors (Lipinski definition) is 1. The summed E-state index contributed by atoms with van der Waals surface area (Å²) in [4.78, 5) is 0. The summed E-state index contributed by atoms with van der Waals surface area (Å²) in [7, 11) is 0. The normalized spacial score (nSPS) is 18.0. The van der Waals surface area contributed by atoms with Crippen LogP contribution in [0, 0.1) is 0 Å². The number of rotatable bonds is 0. The maximum atomic E-state index is 3.00. The van der Waals surface area contributed by atoms with E-state index in [1.165, 1.54) is 13.1 Å². The minimum absolute atomic E-state index is 0. The van der Waals surface area contributed by atoms with E-state index in [-0.39, 0.29) is 20.3 Å². The van der Waals surface area contributed by atoms with E-state index in [0.717, 1.165) is 0 Å². The van der Waals surface area contributed by atoms with Crippen molar-refractivity contribution in [3.05, 3.63) is 0 Å². The van der Waals surface area contributed by atoms with E-state index in [4.69, 9.17) is 0 Å². The van der Waals surface area contributed by atoms with Crippen molar-refractivity contribution in [2.45, 2.75) is 0 Å². The van der Waals surface area contributed by atoms with Gasteiger partial charge in [0.2, 0.25) is 0 Å². The van der Waals surface area contributed by atoms with Crippen molar-refractivity contribution < 1.29 is 20.3 Å². The second-order valence-corrected chi connectivity index (χ2v) is 0.750. The van der Waals surface area contributed by atoms with E-state index in [1.807, 2.05) is 0 Å². The molecule has 1 fully saturated rings. The van der Waals surface area contributed by atoms with Gasteiger partial charge in [0.1, 0.15) is 0 Å². The van der Waals surface area contributed by atoms with Gasteiger partial charge in [0, 0.05) is 13.1 Å². The average molecular weight is 51.0 g/mol. The smallest absolute Gasteiger partial charge is 1.00 e. The summed E-state index contributed by atoms with van der Waals surface area (Å²) in [5.41, 5.74) is 0. The van der Waals surface area contributed by atoms with Gasteiger partial charge < -0.3 is 6.74 Å². The zero-order valence-corrected chi connectivity index (χ0v) is 2.91. The van der Waals surface area contributed by atoms with Crippen molar-refractivity contribution in [1.29, 1.82) is 0 Å². The Morgan fingerprint density at radius 2 is 1.75 bits per heavy atom. The van der Waals surface area contributed by atoms with Gasteiger partial charge in [-0.3, -0.25) is 0 Å². The second kappa shape index (κ2) is 1.84. The van der Waals surface area contributed by atoms with E-state index >= 15 is 0 Å². The first-order valence-corrected chi connectivity index (χ1v) is 1.21. The quantitative estimate of drug-likeness (QED) is 0.226. The van der Waals surface area contributed by atoms with Crippen LogP contribution in [0.3, 0.4) is 0 Å². The van der Waals surface area contributed by atoms with Crippen LogP contribution < -0.4 is 24.2 Å². The third kappa shape index (κ3) is 2.56. The maximum Gasteiger partial charge on any atom is 1.00 e. The zero-order valence-electron chi connectivity index (χ0n) is 3.91. The molecular weight excluding hydrogens is 45.0 g/mol. The fourth-order valence-electron chi connectivity index (χ4n) is 0. The molecule has 0 aromatic carbocycles. The van der Waals surface area contributed by atoms with Crippen LogP contribution in [0.1, 0.15) is 1.43 Å². The fraction of sp³-hybridized carbons (Fsp3) is 1.00. The predicted molar refractivity (Wildman–Crippen MR) is 14.0 cm³/mol. The third-order valence-electron chi connectivity index (χ3n) is 0.250. The Balaban J connectivity index is 0. The molecular formula is C2H6LiN. The fourth-order valence-corrected chi connectivity index (χ4v) is 0. The standard InChI is InChI=1S/C2H5N.Li.H/c1-2-3-1;;/h3H,1-2H2;;/q;+1;-1. The van der Waals surface area contributed by atoms with E-state index in [2.05, 4.69) is 5.32 Å². The summed E-state index contributed by atoms with van der Waals surface area (Å²) in [5.74, 6) is 0. The Bertz CT molecular complexity index is 14.4. The molecule has 20 valence electrons. The van der Waals surface area contributed by atoms with Gasteiger partial charge in [-0.1, -0.05) is 0 Å². The molecule has 1 heterocycles. The topological polar surface area (TPSA) is 21.9 Å². The first kappa shape index (κ1) is 4.56. The SMILES string of the molecule is C1CN1.[H-].[Li+]. The summed E-state index contributed by atoms with van der Waals surface area (Å²) < 4.78 is 0. The van der Waals surface area contributed by atoms with Gasteiger partial charge >= 0.3 is 18.9 Å². The molecule has 0 unspecified atom stereocenters. The molecule has 1 saturated heterocycles. The Hall–Kier alpha value is 0.557. The molecule has 0 spiro atoms. The Morgan fingerprint density at radius 3 is 1.75 bits per heavy atom. The van der Waals surface area contributed by atoms with Gasteiger partial charge in [-0.05, 0) is 0 Å². The van der Waals surface area contributed by atoms with Crippen LogP contribution >= 0.6 is 0 Å². The van der Waals surface area contributed by atoms with E-state index in [1.54, 1.807) is 0 Å². The molecule has 0 radical (unpaired) electrons. The molecule has 1 nitrogen and oxygen atoms in total. The van der Waals surface area contributed by atoms with Crippen molar-refractivity contribution in [2.75, 3.05) is 13.1 Å². The van der Waals surface area contributed by atoms with Crippen LogP contribution in [0.25, 0.3) is 0 Å². The summed E-state index contributed by atoms with van der Waals surface area (Å²) >= 11 is 0. The minimum atomic E-state index is 0. The van der Waals surface area contributed by atoms with Gasteiger partial charge in [-0.25, -0.2) is 0 Å². The van der Waals surface area contributed by atoms with Crippen molar-refractivity contribution >= 4 is 0 Å². The Kier molecular flexibility index (Phi) is 2.09. The van der Waals surface area contributed by atoms with Crippen molar-refractivity contribution in [3.63, 3.8) is 0 Å². The van der Waals surface area contributed by atoms with Crippen LogP contribution in [-0.4, -0.2) is 13.1 Å². The van der Waals surface area contributed by atoms with Gasteiger partial charge in [0.05, 0.1) is 0 Å². The molecule has 0 aromatic rings. The van der Waals surface area contributed by atoms with Gasteiger partial charge in [0.15, 0.2) is 0 Å². The predicted octanol–water partition coefficient (Wildman–Crippen LogP) is -3.29. The van der Waals surface area contributed by atoms with Gasteiger partial charge in [-0.2, -0.15) is 0 Å². The number of nitrogens with one attached hydrogen (secondary N) is 1. The van der Waals surface area contributed by atoms with E-state index < -0.39 is 0 Å². The van der Waals surface area contributed by atoms with Crippen LogP contribution in [0.15, 0.2) is 0 Å². The maximum absolute atomic E-state index is 3.00. The molecule has 1 N–H and O–H groups in total. The van der Waals surface area contributed by atoms with Crippen LogP contribution in [-0.2, 0) is 0 Å². The summed E-state index contributed by atoms with van der Waals surface area (Å²) in [6.07, 6.45) is 0. The van der Waals surface area contributed by atoms with Crippen molar-refractivity contribution in [1.82, 2.24) is 5.32 Å². The van der Waals surface area contributed by atoms with Gasteiger partial charge in [0.25, 0.3) is 0 Å². The van der Waals surface area contributed by atoms with Crippen LogP contribution in [0.2, 0.25) is 0 Å². The molecule has 0 aromatic heterocycles. The first-order chi connectivity index (χ1) is 1.50. The summed E-state index contributed by atoms with van der Waals surface area (Å²) in [6.45, 7) is 2.50. The molecule has 1 aliphatic heterocycles. The van der Waals surface area contributed by atoms with Crippen LogP contribution in [0.5, 0.6) is 0 Å². The van der Waals surface area contributed by atoms with E-state index in [9.17, 15) is 0 Å². The second-order valence-electron chi connectivity index (χ2n) is 0.750.